The minimum Gasteiger partial charge on any atom is -0.378 e. The molecule has 0 saturated carbocycles. The summed E-state index contributed by atoms with van der Waals surface area (Å²) in [6.07, 6.45) is 0.699. The van der Waals surface area contributed by atoms with Crippen LogP contribution in [0.5, 0.6) is 0 Å². The van der Waals surface area contributed by atoms with Crippen LogP contribution in [-0.2, 0) is 20.7 Å². The molecule has 3 amide bonds. The van der Waals surface area contributed by atoms with Crippen LogP contribution in [0.1, 0.15) is 21.1 Å². The fourth-order valence-corrected chi connectivity index (χ4v) is 4.37. The van der Waals surface area contributed by atoms with Crippen molar-refractivity contribution in [3.63, 3.8) is 0 Å². The van der Waals surface area contributed by atoms with Gasteiger partial charge in [-0.25, -0.2) is 4.98 Å². The molecule has 0 bridgehead atoms. The number of thiazole rings is 1. The summed E-state index contributed by atoms with van der Waals surface area (Å²) in [6, 6.07) is 10.0. The van der Waals surface area contributed by atoms with Crippen molar-refractivity contribution in [2.45, 2.75) is 6.42 Å². The van der Waals surface area contributed by atoms with Crippen LogP contribution in [0.15, 0.2) is 35.7 Å². The first-order valence-electron chi connectivity index (χ1n) is 10.1. The molecule has 2 aliphatic heterocycles. The number of amides is 3. The van der Waals surface area contributed by atoms with E-state index in [1.807, 2.05) is 30.3 Å². The van der Waals surface area contributed by atoms with E-state index in [0.29, 0.717) is 64.6 Å². The minimum absolute atomic E-state index is 0.128. The summed E-state index contributed by atoms with van der Waals surface area (Å²) in [5, 5.41) is 2.69. The number of carbonyl (C=O) groups excluding carboxylic acids is 3. The van der Waals surface area contributed by atoms with E-state index in [1.54, 1.807) is 10.3 Å². The monoisotopic (exact) mass is 428 g/mol. The fourth-order valence-electron chi connectivity index (χ4n) is 3.57. The van der Waals surface area contributed by atoms with E-state index in [0.717, 1.165) is 10.6 Å². The van der Waals surface area contributed by atoms with Gasteiger partial charge in [0, 0.05) is 51.1 Å². The molecular formula is C21H24N4O4S. The Balaban J connectivity index is 1.30. The minimum atomic E-state index is -0.497. The summed E-state index contributed by atoms with van der Waals surface area (Å²) in [5.41, 5.74) is 1.60. The van der Waals surface area contributed by atoms with E-state index < -0.39 is 11.8 Å². The smallest absolute Gasteiger partial charge is 0.312 e. The summed E-state index contributed by atoms with van der Waals surface area (Å²) in [6.45, 7) is 3.29. The molecule has 2 aliphatic rings. The van der Waals surface area contributed by atoms with Crippen LogP contribution in [0.25, 0.3) is 0 Å². The van der Waals surface area contributed by atoms with Crippen molar-refractivity contribution in [1.82, 2.24) is 19.7 Å². The number of morpholine rings is 1. The van der Waals surface area contributed by atoms with Crippen molar-refractivity contribution in [2.24, 2.45) is 0 Å². The van der Waals surface area contributed by atoms with E-state index in [9.17, 15) is 14.4 Å². The van der Waals surface area contributed by atoms with E-state index in [4.69, 9.17) is 4.74 Å². The lowest BCUT2D eigenvalue weighted by Crippen LogP contribution is -2.55. The van der Waals surface area contributed by atoms with Crippen LogP contribution < -0.4 is 0 Å². The van der Waals surface area contributed by atoms with Crippen molar-refractivity contribution >= 4 is 29.1 Å². The second-order valence-corrected chi connectivity index (χ2v) is 8.22. The van der Waals surface area contributed by atoms with Crippen molar-refractivity contribution in [1.29, 1.82) is 0 Å². The Morgan fingerprint density at radius 3 is 2.13 bits per heavy atom. The molecule has 0 N–H and O–H groups in total. The Morgan fingerprint density at radius 1 is 0.867 bits per heavy atom. The average molecular weight is 429 g/mol. The highest BCUT2D eigenvalue weighted by Gasteiger charge is 2.32. The third-order valence-corrected chi connectivity index (χ3v) is 6.15. The molecule has 0 unspecified atom stereocenters. The highest BCUT2D eigenvalue weighted by atomic mass is 32.1. The zero-order valence-electron chi connectivity index (χ0n) is 16.7. The number of benzene rings is 1. The van der Waals surface area contributed by atoms with Crippen molar-refractivity contribution < 1.29 is 19.1 Å². The molecule has 0 radical (unpaired) electrons. The Morgan fingerprint density at radius 2 is 1.47 bits per heavy atom. The number of piperazine rings is 1. The van der Waals surface area contributed by atoms with Gasteiger partial charge in [0.2, 0.25) is 0 Å². The number of carbonyl (C=O) groups is 3. The number of hydrogen-bond acceptors (Lipinski definition) is 6. The number of rotatable bonds is 3. The molecule has 9 heteroatoms. The molecule has 0 spiro atoms. The zero-order chi connectivity index (χ0) is 20.9. The normalized spacial score (nSPS) is 17.1. The van der Waals surface area contributed by atoms with Gasteiger partial charge in [0.15, 0.2) is 0 Å². The van der Waals surface area contributed by atoms with Gasteiger partial charge in [0.25, 0.3) is 5.91 Å². The predicted molar refractivity (Wildman–Crippen MR) is 111 cm³/mol. The highest BCUT2D eigenvalue weighted by Crippen LogP contribution is 2.17. The topological polar surface area (TPSA) is 83.1 Å². The fraction of sp³-hybridized carbons (Fsp3) is 0.429. The highest BCUT2D eigenvalue weighted by molar-refractivity contribution is 7.09. The average Bonchev–Trinajstić information content (AvgIpc) is 3.27. The largest absolute Gasteiger partial charge is 0.378 e. The molecule has 0 atom stereocenters. The number of aromatic nitrogens is 1. The zero-order valence-corrected chi connectivity index (χ0v) is 17.5. The maximum absolute atomic E-state index is 12.8. The van der Waals surface area contributed by atoms with E-state index >= 15 is 0 Å². The van der Waals surface area contributed by atoms with Gasteiger partial charge in [0.1, 0.15) is 5.69 Å². The Bertz CT molecular complexity index is 903. The molecular weight excluding hydrogens is 404 g/mol. The Kier molecular flexibility index (Phi) is 6.39. The Labute approximate surface area is 179 Å². The molecule has 2 aromatic rings. The standard InChI is InChI=1S/C21H24N4O4S/c26-19(17-15-30-18(22-17)14-16-4-2-1-3-5-16)23-6-8-24(9-7-23)20(27)21(28)25-10-12-29-13-11-25/h1-5,15H,6-14H2. The van der Waals surface area contributed by atoms with E-state index in [2.05, 4.69) is 4.98 Å². The van der Waals surface area contributed by atoms with E-state index in [1.165, 1.54) is 21.1 Å². The summed E-state index contributed by atoms with van der Waals surface area (Å²) in [7, 11) is 0. The van der Waals surface area contributed by atoms with Gasteiger partial charge in [-0.3, -0.25) is 14.4 Å². The van der Waals surface area contributed by atoms with Crippen LogP contribution >= 0.6 is 11.3 Å². The van der Waals surface area contributed by atoms with Crippen LogP contribution in [0.2, 0.25) is 0 Å². The maximum atomic E-state index is 12.8. The summed E-state index contributed by atoms with van der Waals surface area (Å²) >= 11 is 1.48. The molecule has 30 heavy (non-hydrogen) atoms. The second-order valence-electron chi connectivity index (χ2n) is 7.28. The molecule has 3 heterocycles. The van der Waals surface area contributed by atoms with E-state index in [-0.39, 0.29) is 5.91 Å². The van der Waals surface area contributed by atoms with Gasteiger partial charge in [-0.05, 0) is 5.56 Å². The number of ether oxygens (including phenoxy) is 1. The molecule has 2 fully saturated rings. The first kappa shape index (κ1) is 20.5. The molecule has 1 aromatic carbocycles. The van der Waals surface area contributed by atoms with Crippen LogP contribution in [-0.4, -0.2) is 89.9 Å². The van der Waals surface area contributed by atoms with Crippen molar-refractivity contribution in [3.05, 3.63) is 52.0 Å². The molecule has 2 saturated heterocycles. The summed E-state index contributed by atoms with van der Waals surface area (Å²) in [4.78, 5) is 46.9. The maximum Gasteiger partial charge on any atom is 0.312 e. The van der Waals surface area contributed by atoms with Crippen LogP contribution in [0, 0.1) is 0 Å². The van der Waals surface area contributed by atoms with Crippen LogP contribution in [0.4, 0.5) is 0 Å². The van der Waals surface area contributed by atoms with Gasteiger partial charge in [0.05, 0.1) is 18.2 Å². The molecule has 158 valence electrons. The SMILES string of the molecule is O=C(C(=O)N1CCN(C(=O)c2csc(Cc3ccccc3)n2)CC1)N1CCOCC1. The summed E-state index contributed by atoms with van der Waals surface area (Å²) in [5.74, 6) is -1.11. The predicted octanol–water partition coefficient (Wildman–Crippen LogP) is 0.877. The second kappa shape index (κ2) is 9.36. The van der Waals surface area contributed by atoms with Crippen LogP contribution in [0.3, 0.4) is 0 Å². The first-order valence-corrected chi connectivity index (χ1v) is 10.9. The van der Waals surface area contributed by atoms with Gasteiger partial charge in [-0.2, -0.15) is 0 Å². The lowest BCUT2D eigenvalue weighted by atomic mass is 10.2. The summed E-state index contributed by atoms with van der Waals surface area (Å²) < 4.78 is 5.22. The molecule has 1 aromatic heterocycles. The lowest BCUT2D eigenvalue weighted by Gasteiger charge is -2.35. The molecule has 8 nitrogen and oxygen atoms in total. The third-order valence-electron chi connectivity index (χ3n) is 5.30. The van der Waals surface area contributed by atoms with Crippen molar-refractivity contribution in [3.8, 4) is 0 Å². The first-order chi connectivity index (χ1) is 14.6. The quantitative estimate of drug-likeness (QED) is 0.678. The van der Waals surface area contributed by atoms with Gasteiger partial charge >= 0.3 is 11.8 Å². The van der Waals surface area contributed by atoms with Gasteiger partial charge < -0.3 is 19.4 Å². The number of hydrogen-bond donors (Lipinski definition) is 0. The lowest BCUT2D eigenvalue weighted by molar-refractivity contribution is -0.154. The Hall–Kier alpha value is -2.78. The molecule has 4 rings (SSSR count). The third kappa shape index (κ3) is 4.68. The molecule has 0 aliphatic carbocycles. The van der Waals surface area contributed by atoms with Gasteiger partial charge in [-0.1, -0.05) is 30.3 Å². The van der Waals surface area contributed by atoms with Crippen molar-refractivity contribution in [2.75, 3.05) is 52.5 Å². The number of nitrogens with zero attached hydrogens (tertiary/aromatic N) is 4. The van der Waals surface area contributed by atoms with Gasteiger partial charge in [-0.15, -0.1) is 11.3 Å².